The zero-order valence-corrected chi connectivity index (χ0v) is 13.2. The van der Waals surface area contributed by atoms with Crippen molar-refractivity contribution in [1.29, 1.82) is 0 Å². The Kier molecular flexibility index (Phi) is 3.93. The van der Waals surface area contributed by atoms with Crippen LogP contribution < -0.4 is 10.5 Å². The monoisotopic (exact) mass is 304 g/mol. The van der Waals surface area contributed by atoms with Gasteiger partial charge in [0.25, 0.3) is 0 Å². The van der Waals surface area contributed by atoms with Gasteiger partial charge in [0.2, 0.25) is 0 Å². The predicted molar refractivity (Wildman–Crippen MR) is 83.3 cm³/mol. The van der Waals surface area contributed by atoms with E-state index in [1.165, 1.54) is 11.0 Å². The van der Waals surface area contributed by atoms with Crippen LogP contribution in [-0.4, -0.2) is 30.4 Å². The third-order valence-electron chi connectivity index (χ3n) is 4.20. The first kappa shape index (κ1) is 15.1. The summed E-state index contributed by atoms with van der Waals surface area (Å²) in [5.41, 5.74) is 1.81. The number of phenols is 1. The highest BCUT2D eigenvalue weighted by atomic mass is 16.5. The second kappa shape index (κ2) is 5.74. The maximum atomic E-state index is 11.8. The van der Waals surface area contributed by atoms with Crippen molar-refractivity contribution in [2.24, 2.45) is 0 Å². The number of quaternary nitrogens is 1. The lowest BCUT2D eigenvalue weighted by Gasteiger charge is -2.32. The highest BCUT2D eigenvalue weighted by molar-refractivity contribution is 5.82. The molecule has 0 saturated carbocycles. The lowest BCUT2D eigenvalue weighted by Crippen LogP contribution is -3.14. The van der Waals surface area contributed by atoms with Crippen molar-refractivity contribution in [1.82, 2.24) is 0 Å². The molecule has 5 nitrogen and oxygen atoms in total. The van der Waals surface area contributed by atoms with Crippen molar-refractivity contribution in [2.75, 3.05) is 13.1 Å². The quantitative estimate of drug-likeness (QED) is 0.813. The minimum absolute atomic E-state index is 0.209. The van der Waals surface area contributed by atoms with E-state index in [2.05, 4.69) is 13.8 Å². The van der Waals surface area contributed by atoms with Crippen molar-refractivity contribution in [3.63, 3.8) is 0 Å². The summed E-state index contributed by atoms with van der Waals surface area (Å²) in [6.45, 7) is 8.47. The van der Waals surface area contributed by atoms with Gasteiger partial charge in [-0.1, -0.05) is 0 Å². The van der Waals surface area contributed by atoms with Gasteiger partial charge in [-0.05, 0) is 38.5 Å². The number of hydrogen-bond acceptors (Lipinski definition) is 4. The van der Waals surface area contributed by atoms with Crippen LogP contribution in [0.2, 0.25) is 0 Å². The third-order valence-corrected chi connectivity index (χ3v) is 4.20. The molecule has 0 aliphatic carbocycles. The second-order valence-electron chi connectivity index (χ2n) is 6.32. The SMILES string of the molecule is Cc1cc2oc(=O)cc(C[NH+]3C[C@@H](C)O[C@H](C)C3)c2cc1O. The van der Waals surface area contributed by atoms with Gasteiger partial charge in [0.1, 0.15) is 43.2 Å². The summed E-state index contributed by atoms with van der Waals surface area (Å²) in [4.78, 5) is 13.2. The highest BCUT2D eigenvalue weighted by Gasteiger charge is 2.26. The van der Waals surface area contributed by atoms with Crippen LogP contribution in [0.1, 0.15) is 25.0 Å². The Morgan fingerprint density at radius 2 is 1.91 bits per heavy atom. The van der Waals surface area contributed by atoms with Crippen LogP contribution in [0.25, 0.3) is 11.0 Å². The Hall–Kier alpha value is -1.85. The van der Waals surface area contributed by atoms with E-state index in [1.807, 2.05) is 0 Å². The summed E-state index contributed by atoms with van der Waals surface area (Å²) in [6.07, 6.45) is 0.418. The van der Waals surface area contributed by atoms with Gasteiger partial charge in [0, 0.05) is 17.0 Å². The standard InChI is InChI=1S/C17H21NO4/c1-10-4-16-14(6-15(10)19)13(5-17(20)22-16)9-18-7-11(2)21-12(3)8-18/h4-6,11-12,19H,7-9H2,1-3H3/p+1/t11-,12-/m1/s1. The number of phenolic OH excluding ortho intramolecular Hbond substituents is 1. The Bertz CT molecular complexity index is 742. The van der Waals surface area contributed by atoms with E-state index >= 15 is 0 Å². The summed E-state index contributed by atoms with van der Waals surface area (Å²) < 4.78 is 11.0. The molecular weight excluding hydrogens is 282 g/mol. The molecule has 2 heterocycles. The number of morpholine rings is 1. The average molecular weight is 304 g/mol. The molecule has 0 unspecified atom stereocenters. The van der Waals surface area contributed by atoms with Gasteiger partial charge in [0.15, 0.2) is 0 Å². The predicted octanol–water partition coefficient (Wildman–Crippen LogP) is 0.999. The number of aromatic hydroxyl groups is 1. The molecule has 118 valence electrons. The second-order valence-corrected chi connectivity index (χ2v) is 6.32. The maximum Gasteiger partial charge on any atom is 0.336 e. The topological polar surface area (TPSA) is 64.1 Å². The fraction of sp³-hybridized carbons (Fsp3) is 0.471. The fourth-order valence-electron chi connectivity index (χ4n) is 3.31. The number of ether oxygens (including phenoxy) is 1. The largest absolute Gasteiger partial charge is 0.508 e. The summed E-state index contributed by atoms with van der Waals surface area (Å²) in [7, 11) is 0. The summed E-state index contributed by atoms with van der Waals surface area (Å²) >= 11 is 0. The third kappa shape index (κ3) is 3.00. The Balaban J connectivity index is 1.99. The molecule has 3 rings (SSSR count). The molecule has 2 N–H and O–H groups in total. The van der Waals surface area contributed by atoms with Crippen LogP contribution in [0.5, 0.6) is 5.75 Å². The number of nitrogens with one attached hydrogen (secondary N) is 1. The van der Waals surface area contributed by atoms with Crippen molar-refractivity contribution in [3.05, 3.63) is 39.7 Å². The van der Waals surface area contributed by atoms with Crippen LogP contribution in [0.15, 0.2) is 27.4 Å². The van der Waals surface area contributed by atoms with E-state index in [9.17, 15) is 9.90 Å². The zero-order chi connectivity index (χ0) is 15.9. The molecule has 2 aromatic rings. The van der Waals surface area contributed by atoms with E-state index < -0.39 is 0 Å². The molecule has 0 spiro atoms. The van der Waals surface area contributed by atoms with E-state index in [-0.39, 0.29) is 23.6 Å². The minimum Gasteiger partial charge on any atom is -0.508 e. The number of rotatable bonds is 2. The average Bonchev–Trinajstić information content (AvgIpc) is 2.39. The Morgan fingerprint density at radius 3 is 2.59 bits per heavy atom. The molecule has 1 aliphatic heterocycles. The lowest BCUT2D eigenvalue weighted by atomic mass is 10.1. The molecule has 0 radical (unpaired) electrons. The van der Waals surface area contributed by atoms with Crippen LogP contribution in [-0.2, 0) is 11.3 Å². The number of aryl methyl sites for hydroxylation is 1. The smallest absolute Gasteiger partial charge is 0.336 e. The van der Waals surface area contributed by atoms with Gasteiger partial charge in [-0.2, -0.15) is 0 Å². The summed E-state index contributed by atoms with van der Waals surface area (Å²) in [5.74, 6) is 0.223. The summed E-state index contributed by atoms with van der Waals surface area (Å²) in [5, 5.41) is 10.8. The van der Waals surface area contributed by atoms with E-state index in [4.69, 9.17) is 9.15 Å². The van der Waals surface area contributed by atoms with E-state index in [1.54, 1.807) is 19.1 Å². The molecular formula is C17H22NO4+. The van der Waals surface area contributed by atoms with Gasteiger partial charge >= 0.3 is 5.63 Å². The number of benzene rings is 1. The molecule has 1 saturated heterocycles. The number of fused-ring (bicyclic) bond motifs is 1. The Labute approximate surface area is 129 Å². The minimum atomic E-state index is -0.346. The molecule has 5 heteroatoms. The fourth-order valence-corrected chi connectivity index (χ4v) is 3.31. The first-order valence-electron chi connectivity index (χ1n) is 7.67. The normalized spacial score (nSPS) is 25.5. The first-order chi connectivity index (χ1) is 10.4. The van der Waals surface area contributed by atoms with Crippen LogP contribution in [0.4, 0.5) is 0 Å². The molecule has 0 bridgehead atoms. The van der Waals surface area contributed by atoms with Crippen LogP contribution in [0, 0.1) is 6.92 Å². The maximum absolute atomic E-state index is 11.8. The van der Waals surface area contributed by atoms with E-state index in [0.29, 0.717) is 11.1 Å². The van der Waals surface area contributed by atoms with Gasteiger partial charge in [-0.3, -0.25) is 0 Å². The molecule has 1 fully saturated rings. The summed E-state index contributed by atoms with van der Waals surface area (Å²) in [6, 6.07) is 4.94. The zero-order valence-electron chi connectivity index (χ0n) is 13.2. The molecule has 22 heavy (non-hydrogen) atoms. The molecule has 1 aromatic carbocycles. The van der Waals surface area contributed by atoms with Gasteiger partial charge in [0.05, 0.1) is 0 Å². The van der Waals surface area contributed by atoms with Gasteiger partial charge < -0.3 is 19.2 Å². The Morgan fingerprint density at radius 1 is 1.23 bits per heavy atom. The molecule has 2 atom stereocenters. The van der Waals surface area contributed by atoms with Crippen LogP contribution >= 0.6 is 0 Å². The van der Waals surface area contributed by atoms with Crippen molar-refractivity contribution in [3.8, 4) is 5.75 Å². The highest BCUT2D eigenvalue weighted by Crippen LogP contribution is 2.25. The molecule has 1 aliphatic rings. The van der Waals surface area contributed by atoms with Crippen molar-refractivity contribution < 1.29 is 19.2 Å². The van der Waals surface area contributed by atoms with Crippen LogP contribution in [0.3, 0.4) is 0 Å². The molecule has 0 amide bonds. The molecule has 1 aromatic heterocycles. The van der Waals surface area contributed by atoms with Crippen molar-refractivity contribution >= 4 is 11.0 Å². The van der Waals surface area contributed by atoms with E-state index in [0.717, 1.165) is 30.6 Å². The van der Waals surface area contributed by atoms with Gasteiger partial charge in [-0.25, -0.2) is 4.79 Å². The first-order valence-corrected chi connectivity index (χ1v) is 7.67. The van der Waals surface area contributed by atoms with Gasteiger partial charge in [-0.15, -0.1) is 0 Å². The number of hydrogen-bond donors (Lipinski definition) is 2. The van der Waals surface area contributed by atoms with Crippen molar-refractivity contribution in [2.45, 2.75) is 39.5 Å². The lowest BCUT2D eigenvalue weighted by molar-refractivity contribution is -0.928.